The molecule has 0 aromatic heterocycles. The van der Waals surface area contributed by atoms with Crippen molar-refractivity contribution in [2.24, 2.45) is 0 Å². The smallest absolute Gasteiger partial charge is 0.279 e. The van der Waals surface area contributed by atoms with Crippen molar-refractivity contribution in [1.82, 2.24) is 0 Å². The van der Waals surface area contributed by atoms with Crippen LogP contribution in [0.1, 0.15) is 0 Å². The minimum Gasteiger partial charge on any atom is -0.485 e. The first-order valence-corrected chi connectivity index (χ1v) is 9.20. The number of carbonyl (C=O) groups excluding carboxylic acids is 1. The summed E-state index contributed by atoms with van der Waals surface area (Å²) in [7, 11) is 0. The van der Waals surface area contributed by atoms with Gasteiger partial charge in [0.1, 0.15) is 45.1 Å². The second kappa shape index (κ2) is 9.43. The number of nitrogens with one attached hydrogen (secondary N) is 3. The van der Waals surface area contributed by atoms with E-state index in [2.05, 4.69) is 5.32 Å². The van der Waals surface area contributed by atoms with E-state index in [-0.39, 0.29) is 23.3 Å². The summed E-state index contributed by atoms with van der Waals surface area (Å²) in [4.78, 5) is 14.7. The molecule has 5 nitrogen and oxygen atoms in total. The number of anilines is 1. The molecule has 7 heteroatoms. The van der Waals surface area contributed by atoms with Crippen molar-refractivity contribution in [3.8, 4) is 5.75 Å². The molecular weight excluding hydrogens is 352 g/mol. The Bertz CT molecular complexity index is 764. The minimum atomic E-state index is -0.366. The molecule has 3 rings (SSSR count). The quantitative estimate of drug-likeness (QED) is 0.624. The molecule has 0 unspecified atom stereocenters. The maximum absolute atomic E-state index is 13.5. The molecule has 0 radical (unpaired) electrons. The predicted octanol–water partition coefficient (Wildman–Crippen LogP) is -0.234. The summed E-state index contributed by atoms with van der Waals surface area (Å²) in [5, 5.41) is 2.74. The topological polar surface area (TPSA) is 47.2 Å². The van der Waals surface area contributed by atoms with Gasteiger partial charge in [-0.1, -0.05) is 18.2 Å². The van der Waals surface area contributed by atoms with Crippen LogP contribution in [0.25, 0.3) is 0 Å². The standard InChI is InChI=1S/C20H23F2N3O2/c21-16-4-3-5-17(14-16)23-20(26)15-25-10-8-24(9-11-25)12-13-27-19-7-2-1-6-18(19)22/h1-7,14H,8-13,15H2,(H,23,26)/p+2. The van der Waals surface area contributed by atoms with Gasteiger partial charge in [0.05, 0.1) is 0 Å². The summed E-state index contributed by atoms with van der Waals surface area (Å²) in [6, 6.07) is 12.3. The number of para-hydroxylation sites is 1. The zero-order valence-electron chi connectivity index (χ0n) is 15.1. The average molecular weight is 377 g/mol. The maximum atomic E-state index is 13.5. The molecule has 1 saturated heterocycles. The van der Waals surface area contributed by atoms with Gasteiger partial charge >= 0.3 is 0 Å². The third-order valence-electron chi connectivity index (χ3n) is 4.73. The fourth-order valence-electron chi connectivity index (χ4n) is 3.25. The predicted molar refractivity (Wildman–Crippen MR) is 98.1 cm³/mol. The molecule has 1 amide bonds. The molecule has 0 aliphatic carbocycles. The number of halogens is 2. The fourth-order valence-corrected chi connectivity index (χ4v) is 3.25. The van der Waals surface area contributed by atoms with Gasteiger partial charge < -0.3 is 19.9 Å². The van der Waals surface area contributed by atoms with Crippen LogP contribution in [0.3, 0.4) is 0 Å². The molecule has 0 saturated carbocycles. The zero-order chi connectivity index (χ0) is 19.1. The van der Waals surface area contributed by atoms with Crippen LogP contribution in [-0.4, -0.2) is 51.8 Å². The van der Waals surface area contributed by atoms with E-state index in [4.69, 9.17) is 4.74 Å². The second-order valence-corrected chi connectivity index (χ2v) is 6.76. The highest BCUT2D eigenvalue weighted by Crippen LogP contribution is 2.14. The number of piperazine rings is 1. The van der Waals surface area contributed by atoms with Gasteiger partial charge in [-0.15, -0.1) is 0 Å². The largest absolute Gasteiger partial charge is 0.485 e. The van der Waals surface area contributed by atoms with E-state index in [9.17, 15) is 13.6 Å². The van der Waals surface area contributed by atoms with E-state index in [0.29, 0.717) is 18.8 Å². The van der Waals surface area contributed by atoms with Gasteiger partial charge in [-0.3, -0.25) is 4.79 Å². The van der Waals surface area contributed by atoms with Crippen molar-refractivity contribution >= 4 is 11.6 Å². The normalized spacial score (nSPS) is 19.5. The SMILES string of the molecule is O=C(C[NH+]1CC[NH+](CCOc2ccccc2F)CC1)Nc1cccc(F)c1. The lowest BCUT2D eigenvalue weighted by atomic mass is 10.3. The Morgan fingerprint density at radius 3 is 2.48 bits per heavy atom. The highest BCUT2D eigenvalue weighted by Gasteiger charge is 2.24. The lowest BCUT2D eigenvalue weighted by Gasteiger charge is -2.29. The Morgan fingerprint density at radius 1 is 1.00 bits per heavy atom. The molecule has 3 N–H and O–H groups in total. The van der Waals surface area contributed by atoms with Crippen LogP contribution < -0.4 is 19.9 Å². The summed E-state index contributed by atoms with van der Waals surface area (Å²) in [6.45, 7) is 5.27. The number of benzene rings is 2. The lowest BCUT2D eigenvalue weighted by Crippen LogP contribution is -3.28. The Labute approximate surface area is 157 Å². The number of ether oxygens (including phenoxy) is 1. The Morgan fingerprint density at radius 2 is 1.74 bits per heavy atom. The van der Waals surface area contributed by atoms with Crippen LogP contribution in [-0.2, 0) is 4.79 Å². The van der Waals surface area contributed by atoms with E-state index < -0.39 is 0 Å². The van der Waals surface area contributed by atoms with Gasteiger partial charge in [0.15, 0.2) is 18.1 Å². The molecule has 144 valence electrons. The van der Waals surface area contributed by atoms with Gasteiger partial charge in [0, 0.05) is 5.69 Å². The van der Waals surface area contributed by atoms with Crippen molar-refractivity contribution in [2.75, 3.05) is 51.2 Å². The number of hydrogen-bond acceptors (Lipinski definition) is 2. The van der Waals surface area contributed by atoms with E-state index >= 15 is 0 Å². The molecule has 1 heterocycles. The van der Waals surface area contributed by atoms with Crippen molar-refractivity contribution in [3.05, 3.63) is 60.2 Å². The van der Waals surface area contributed by atoms with Gasteiger partial charge in [-0.05, 0) is 30.3 Å². The van der Waals surface area contributed by atoms with E-state index in [1.807, 2.05) is 0 Å². The molecule has 0 atom stereocenters. The molecular formula is C20H25F2N3O2+2. The monoisotopic (exact) mass is 377 g/mol. The summed E-state index contributed by atoms with van der Waals surface area (Å²) in [6.07, 6.45) is 0. The van der Waals surface area contributed by atoms with Gasteiger partial charge in [-0.25, -0.2) is 8.78 Å². The molecule has 0 spiro atoms. The highest BCUT2D eigenvalue weighted by atomic mass is 19.1. The first-order valence-electron chi connectivity index (χ1n) is 9.20. The molecule has 27 heavy (non-hydrogen) atoms. The Hall–Kier alpha value is -2.51. The summed E-state index contributed by atoms with van der Waals surface area (Å²) >= 11 is 0. The third-order valence-corrected chi connectivity index (χ3v) is 4.73. The molecule has 1 fully saturated rings. The van der Waals surface area contributed by atoms with Crippen LogP contribution in [0.2, 0.25) is 0 Å². The van der Waals surface area contributed by atoms with Crippen molar-refractivity contribution in [2.45, 2.75) is 0 Å². The molecule has 2 aromatic carbocycles. The summed E-state index contributed by atoms with van der Waals surface area (Å²) < 4.78 is 32.2. The third kappa shape index (κ3) is 6.01. The van der Waals surface area contributed by atoms with Crippen molar-refractivity contribution < 1.29 is 28.1 Å². The van der Waals surface area contributed by atoms with Gasteiger partial charge in [0.25, 0.3) is 5.91 Å². The van der Waals surface area contributed by atoms with Gasteiger partial charge in [-0.2, -0.15) is 0 Å². The number of amides is 1. The van der Waals surface area contributed by atoms with Crippen LogP contribution in [0.4, 0.5) is 14.5 Å². The summed E-state index contributed by atoms with van der Waals surface area (Å²) in [5.41, 5.74) is 0.481. The zero-order valence-corrected chi connectivity index (χ0v) is 15.1. The van der Waals surface area contributed by atoms with Crippen LogP contribution in [0, 0.1) is 11.6 Å². The average Bonchev–Trinajstić information content (AvgIpc) is 2.65. The maximum Gasteiger partial charge on any atom is 0.279 e. The number of rotatable bonds is 7. The van der Waals surface area contributed by atoms with Crippen LogP contribution in [0.15, 0.2) is 48.5 Å². The number of hydrogen-bond donors (Lipinski definition) is 3. The number of carbonyl (C=O) groups is 1. The number of quaternary nitrogens is 2. The Kier molecular flexibility index (Phi) is 6.73. The summed E-state index contributed by atoms with van der Waals surface area (Å²) in [5.74, 6) is -0.529. The molecule has 0 bridgehead atoms. The molecule has 1 aliphatic rings. The first-order chi connectivity index (χ1) is 13.1. The Balaban J connectivity index is 1.35. The van der Waals surface area contributed by atoms with E-state index in [0.717, 1.165) is 32.7 Å². The molecule has 2 aromatic rings. The minimum absolute atomic E-state index is 0.109. The highest BCUT2D eigenvalue weighted by molar-refractivity contribution is 5.91. The lowest BCUT2D eigenvalue weighted by molar-refractivity contribution is -1.01. The second-order valence-electron chi connectivity index (χ2n) is 6.76. The fraction of sp³-hybridized carbons (Fsp3) is 0.350. The van der Waals surface area contributed by atoms with E-state index in [1.54, 1.807) is 30.3 Å². The van der Waals surface area contributed by atoms with Crippen molar-refractivity contribution in [3.63, 3.8) is 0 Å². The van der Waals surface area contributed by atoms with Crippen LogP contribution in [0.5, 0.6) is 5.75 Å². The van der Waals surface area contributed by atoms with Crippen LogP contribution >= 0.6 is 0 Å². The van der Waals surface area contributed by atoms with Gasteiger partial charge in [0.2, 0.25) is 0 Å². The molecule has 1 aliphatic heterocycles. The first kappa shape index (κ1) is 19.3. The van der Waals surface area contributed by atoms with Crippen molar-refractivity contribution in [1.29, 1.82) is 0 Å². The van der Waals surface area contributed by atoms with E-state index in [1.165, 1.54) is 28.0 Å².